The number of nitrogens with zero attached hydrogens (tertiary/aromatic N) is 8. The summed E-state index contributed by atoms with van der Waals surface area (Å²) in [6, 6.07) is 7.05. The van der Waals surface area contributed by atoms with Crippen molar-refractivity contribution in [3.63, 3.8) is 0 Å². The van der Waals surface area contributed by atoms with E-state index in [1.54, 1.807) is 24.3 Å². The van der Waals surface area contributed by atoms with Crippen LogP contribution in [0.1, 0.15) is 72.9 Å². The predicted octanol–water partition coefficient (Wildman–Crippen LogP) is 1.39. The molecule has 2 heterocycles. The van der Waals surface area contributed by atoms with E-state index in [-0.39, 0.29) is 0 Å². The smallest absolute Gasteiger partial charge is 0.273 e. The quantitative estimate of drug-likeness (QED) is 0.460. The zero-order chi connectivity index (χ0) is 24.8. The number of carbonyl (C=O) groups is 2. The molecule has 0 unspecified atom stereocenters. The molecule has 34 heavy (non-hydrogen) atoms. The van der Waals surface area contributed by atoms with Crippen LogP contribution in [0.2, 0.25) is 0 Å². The number of rotatable bonds is 8. The molecule has 0 aliphatic carbocycles. The fourth-order valence-corrected chi connectivity index (χ4v) is 3.12. The Hall–Kier alpha value is -4.22. The van der Waals surface area contributed by atoms with Crippen molar-refractivity contribution in [2.45, 2.75) is 53.4 Å². The maximum atomic E-state index is 12.4. The molecule has 0 atom stereocenters. The van der Waals surface area contributed by atoms with Crippen LogP contribution in [-0.4, -0.2) is 53.2 Å². The third kappa shape index (κ3) is 5.22. The van der Waals surface area contributed by atoms with E-state index < -0.39 is 23.2 Å². The molecule has 0 aliphatic rings. The third-order valence-electron chi connectivity index (χ3n) is 4.77. The van der Waals surface area contributed by atoms with Gasteiger partial charge in [0.1, 0.15) is 0 Å². The summed E-state index contributed by atoms with van der Waals surface area (Å²) in [5.74, 6) is -0.144. The van der Waals surface area contributed by atoms with E-state index in [2.05, 4.69) is 20.4 Å². The van der Waals surface area contributed by atoms with Gasteiger partial charge in [0, 0.05) is 26.7 Å². The molecule has 178 valence electrons. The minimum absolute atomic E-state index is 0.405. The fraction of sp³-hybridized carbons (Fsp3) is 0.364. The van der Waals surface area contributed by atoms with Gasteiger partial charge in [-0.1, -0.05) is 38.1 Å². The van der Waals surface area contributed by atoms with Crippen LogP contribution in [0.3, 0.4) is 0 Å². The minimum atomic E-state index is -0.615. The summed E-state index contributed by atoms with van der Waals surface area (Å²) < 4.78 is 3.83. The van der Waals surface area contributed by atoms with Crippen molar-refractivity contribution in [2.75, 3.05) is 0 Å². The molecule has 0 spiro atoms. The molecule has 2 aromatic heterocycles. The Bertz CT molecular complexity index is 1260. The molecule has 3 aromatic rings. The lowest BCUT2D eigenvalue weighted by Crippen LogP contribution is -2.27. The largest absolute Gasteiger partial charge is 0.374 e. The highest BCUT2D eigenvalue weighted by Gasteiger charge is 2.15. The van der Waals surface area contributed by atoms with Crippen LogP contribution in [0.5, 0.6) is 0 Å². The number of aryl methyl sites for hydroxylation is 2. The van der Waals surface area contributed by atoms with Gasteiger partial charge in [-0.05, 0) is 24.0 Å². The van der Waals surface area contributed by atoms with E-state index >= 15 is 0 Å². The monoisotopic (exact) mass is 466 g/mol. The van der Waals surface area contributed by atoms with Gasteiger partial charge in [-0.25, -0.2) is 9.59 Å². The van der Waals surface area contributed by atoms with Crippen LogP contribution in [-0.2, 0) is 12.8 Å². The first-order chi connectivity index (χ1) is 16.3. The van der Waals surface area contributed by atoms with Gasteiger partial charge in [0.05, 0.1) is 12.4 Å². The number of carbonyl (C=O) groups excluding carboxylic acids is 2. The average molecular weight is 467 g/mol. The van der Waals surface area contributed by atoms with Gasteiger partial charge in [-0.3, -0.25) is 9.59 Å². The summed E-state index contributed by atoms with van der Waals surface area (Å²) in [7, 11) is 0. The summed E-state index contributed by atoms with van der Waals surface area (Å²) >= 11 is 0. The summed E-state index contributed by atoms with van der Waals surface area (Å²) in [4.78, 5) is 48.0. The SMILES string of the molecule is CCCc1nn(C(C)=O)c(=O)n1/N=C/c1ccc(/C=N/n2c(CCC)nn(C(C)=O)c2=O)cc1. The summed E-state index contributed by atoms with van der Waals surface area (Å²) in [5.41, 5.74) is 0.177. The standard InChI is InChI=1S/C22H26N8O4/c1-5-7-19-25-27(15(3)31)21(33)29(19)23-13-17-9-11-18(12-10-17)14-24-30-20(8-6-2)26-28(16(4)32)22(30)34/h9-14H,5-8H2,1-4H3/b23-13+,24-14+. The van der Waals surface area contributed by atoms with Crippen molar-refractivity contribution < 1.29 is 9.59 Å². The van der Waals surface area contributed by atoms with Crippen molar-refractivity contribution in [3.8, 4) is 0 Å². The molecule has 1 aromatic carbocycles. The van der Waals surface area contributed by atoms with Crippen molar-refractivity contribution in [1.82, 2.24) is 28.9 Å². The van der Waals surface area contributed by atoms with E-state index in [0.29, 0.717) is 35.6 Å². The van der Waals surface area contributed by atoms with Crippen LogP contribution in [0.15, 0.2) is 44.1 Å². The lowest BCUT2D eigenvalue weighted by molar-refractivity contribution is 0.0907. The van der Waals surface area contributed by atoms with Crippen molar-refractivity contribution in [1.29, 1.82) is 0 Å². The van der Waals surface area contributed by atoms with E-state index in [9.17, 15) is 19.2 Å². The van der Waals surface area contributed by atoms with Crippen LogP contribution in [0.4, 0.5) is 0 Å². The first kappa shape index (κ1) is 24.4. The molecule has 0 saturated carbocycles. The molecule has 0 saturated heterocycles. The highest BCUT2D eigenvalue weighted by atomic mass is 16.2. The summed E-state index contributed by atoms with van der Waals surface area (Å²) in [6.07, 6.45) is 5.48. The maximum Gasteiger partial charge on any atom is 0.374 e. The Morgan fingerprint density at radius 1 is 0.765 bits per heavy atom. The zero-order valence-corrected chi connectivity index (χ0v) is 19.5. The normalized spacial score (nSPS) is 11.6. The zero-order valence-electron chi connectivity index (χ0n) is 19.5. The Balaban J connectivity index is 1.84. The lowest BCUT2D eigenvalue weighted by atomic mass is 10.2. The Morgan fingerprint density at radius 2 is 1.12 bits per heavy atom. The highest BCUT2D eigenvalue weighted by Crippen LogP contribution is 2.04. The Labute approximate surface area is 194 Å². The van der Waals surface area contributed by atoms with Crippen molar-refractivity contribution in [2.24, 2.45) is 10.2 Å². The first-order valence-corrected chi connectivity index (χ1v) is 10.9. The molecule has 12 heteroatoms. The summed E-state index contributed by atoms with van der Waals surface area (Å²) in [5, 5.41) is 16.5. The predicted molar refractivity (Wildman–Crippen MR) is 126 cm³/mol. The molecule has 12 nitrogen and oxygen atoms in total. The molecule has 3 rings (SSSR count). The lowest BCUT2D eigenvalue weighted by Gasteiger charge is -1.99. The number of hydrogen-bond acceptors (Lipinski definition) is 8. The second-order valence-corrected chi connectivity index (χ2v) is 7.54. The summed E-state index contributed by atoms with van der Waals surface area (Å²) in [6.45, 7) is 6.41. The van der Waals surface area contributed by atoms with Gasteiger partial charge < -0.3 is 0 Å². The minimum Gasteiger partial charge on any atom is -0.273 e. The first-order valence-electron chi connectivity index (χ1n) is 10.9. The maximum absolute atomic E-state index is 12.4. The molecule has 0 bridgehead atoms. The van der Waals surface area contributed by atoms with E-state index in [1.807, 2.05) is 13.8 Å². The van der Waals surface area contributed by atoms with E-state index in [4.69, 9.17) is 0 Å². The van der Waals surface area contributed by atoms with Gasteiger partial charge in [-0.15, -0.1) is 19.6 Å². The van der Waals surface area contributed by atoms with Crippen molar-refractivity contribution in [3.05, 3.63) is 68.0 Å². The van der Waals surface area contributed by atoms with Gasteiger partial charge in [0.25, 0.3) is 0 Å². The molecule has 0 aliphatic heterocycles. The number of benzene rings is 1. The number of hydrogen-bond donors (Lipinski definition) is 0. The topological polar surface area (TPSA) is 138 Å². The number of aromatic nitrogens is 6. The Kier molecular flexibility index (Phi) is 7.61. The van der Waals surface area contributed by atoms with Crippen LogP contribution in [0.25, 0.3) is 0 Å². The highest BCUT2D eigenvalue weighted by molar-refractivity contribution is 5.84. The molecule has 0 radical (unpaired) electrons. The molecule has 0 fully saturated rings. The Morgan fingerprint density at radius 3 is 1.41 bits per heavy atom. The van der Waals surface area contributed by atoms with Gasteiger partial charge >= 0.3 is 11.4 Å². The van der Waals surface area contributed by atoms with E-state index in [0.717, 1.165) is 31.6 Å². The third-order valence-corrected chi connectivity index (χ3v) is 4.77. The second kappa shape index (κ2) is 10.6. The second-order valence-electron chi connectivity index (χ2n) is 7.54. The fourth-order valence-electron chi connectivity index (χ4n) is 3.12. The van der Waals surface area contributed by atoms with Crippen LogP contribution >= 0.6 is 0 Å². The van der Waals surface area contributed by atoms with E-state index in [1.165, 1.54) is 26.3 Å². The molecule has 0 amide bonds. The molecular formula is C22H26N8O4. The van der Waals surface area contributed by atoms with Crippen LogP contribution in [0, 0.1) is 0 Å². The van der Waals surface area contributed by atoms with Crippen molar-refractivity contribution >= 4 is 24.2 Å². The molecular weight excluding hydrogens is 440 g/mol. The van der Waals surface area contributed by atoms with Gasteiger partial charge in [0.2, 0.25) is 11.8 Å². The van der Waals surface area contributed by atoms with Gasteiger partial charge in [0.15, 0.2) is 11.6 Å². The average Bonchev–Trinajstić information content (AvgIpc) is 3.28. The van der Waals surface area contributed by atoms with Gasteiger partial charge in [-0.2, -0.15) is 19.6 Å². The van der Waals surface area contributed by atoms with Crippen LogP contribution < -0.4 is 11.4 Å². The molecule has 0 N–H and O–H groups in total.